The number of fused-ring (bicyclic) bond motifs is 1. The van der Waals surface area contributed by atoms with Gasteiger partial charge in [0.25, 0.3) is 5.91 Å². The molecule has 1 fully saturated rings. The maximum absolute atomic E-state index is 15.7. The van der Waals surface area contributed by atoms with Crippen molar-refractivity contribution in [2.45, 2.75) is 97.8 Å². The lowest BCUT2D eigenvalue weighted by molar-refractivity contribution is -0.146. The summed E-state index contributed by atoms with van der Waals surface area (Å²) in [6.07, 6.45) is -3.51. The van der Waals surface area contributed by atoms with Gasteiger partial charge in [-0.05, 0) is 59.1 Å². The van der Waals surface area contributed by atoms with E-state index in [4.69, 9.17) is 0 Å². The molecule has 45 heavy (non-hydrogen) atoms. The van der Waals surface area contributed by atoms with Gasteiger partial charge in [0, 0.05) is 12.1 Å². The number of aliphatic hydroxyl groups excluding tert-OH is 1. The fraction of sp³-hybridized carbons (Fsp3) is 0.486. The molecular weight excluding hydrogens is 591 g/mol. The van der Waals surface area contributed by atoms with Crippen LogP contribution in [0.2, 0.25) is 0 Å². The Bertz CT molecular complexity index is 1620. The number of nitrogens with one attached hydrogen (secondary N) is 1. The minimum Gasteiger partial charge on any atom is -0.388 e. The van der Waals surface area contributed by atoms with E-state index < -0.39 is 47.6 Å². The molecule has 2 N–H and O–H groups in total. The van der Waals surface area contributed by atoms with Crippen molar-refractivity contribution >= 4 is 29.1 Å². The van der Waals surface area contributed by atoms with E-state index in [1.54, 1.807) is 23.5 Å². The number of alkyl halides is 1. The van der Waals surface area contributed by atoms with E-state index in [1.165, 1.54) is 4.90 Å². The van der Waals surface area contributed by atoms with Crippen LogP contribution in [0.3, 0.4) is 0 Å². The van der Waals surface area contributed by atoms with Gasteiger partial charge >= 0.3 is 0 Å². The van der Waals surface area contributed by atoms with Crippen LogP contribution in [0.25, 0.3) is 10.4 Å². The van der Waals surface area contributed by atoms with E-state index in [0.29, 0.717) is 5.56 Å². The number of nitrogens with zero attached hydrogens (tertiary/aromatic N) is 3. The van der Waals surface area contributed by atoms with Gasteiger partial charge in [0.05, 0.1) is 28.7 Å². The summed E-state index contributed by atoms with van der Waals surface area (Å²) in [5, 5.41) is 13.5. The van der Waals surface area contributed by atoms with E-state index in [9.17, 15) is 19.5 Å². The van der Waals surface area contributed by atoms with Crippen molar-refractivity contribution in [3.8, 4) is 10.4 Å². The van der Waals surface area contributed by atoms with Gasteiger partial charge in [-0.25, -0.2) is 9.37 Å². The van der Waals surface area contributed by atoms with Crippen LogP contribution in [0.5, 0.6) is 0 Å². The second kappa shape index (κ2) is 11.9. The highest BCUT2D eigenvalue weighted by Crippen LogP contribution is 2.38. The lowest BCUT2D eigenvalue weighted by atomic mass is 9.81. The third-order valence-electron chi connectivity index (χ3n) is 8.85. The molecular formula is C35H43FN4O4S. The number of halogens is 1. The predicted molar refractivity (Wildman–Crippen MR) is 174 cm³/mol. The first-order valence-corrected chi connectivity index (χ1v) is 16.3. The summed E-state index contributed by atoms with van der Waals surface area (Å²) in [7, 11) is 0. The van der Waals surface area contributed by atoms with E-state index in [-0.39, 0.29) is 24.4 Å². The zero-order valence-corrected chi connectivity index (χ0v) is 28.0. The average Bonchev–Trinajstić information content (AvgIpc) is 3.62. The molecule has 5 atom stereocenters. The number of hydrogen-bond acceptors (Lipinski definition) is 6. The lowest BCUT2D eigenvalue weighted by Crippen LogP contribution is -2.59. The maximum atomic E-state index is 15.7. The molecule has 1 aromatic heterocycles. The fourth-order valence-electron chi connectivity index (χ4n) is 6.61. The molecule has 0 spiro atoms. The van der Waals surface area contributed by atoms with Crippen molar-refractivity contribution in [1.29, 1.82) is 0 Å². The topological polar surface area (TPSA) is 103 Å². The van der Waals surface area contributed by atoms with Crippen LogP contribution in [0.15, 0.2) is 48.0 Å². The molecule has 2 aliphatic rings. The quantitative estimate of drug-likeness (QED) is 0.369. The summed E-state index contributed by atoms with van der Waals surface area (Å²) >= 11 is 1.57. The molecule has 3 amide bonds. The Labute approximate surface area is 268 Å². The van der Waals surface area contributed by atoms with Gasteiger partial charge in [-0.2, -0.15) is 0 Å². The molecule has 0 unspecified atom stereocenters. The molecule has 3 heterocycles. The number of likely N-dealkylation sites (tertiary alicyclic amines) is 1. The number of β-amino-alcohol motifs (C(OH)–C–C–N with tert-alkyl or cyclic N) is 1. The number of thiazole rings is 1. The van der Waals surface area contributed by atoms with Crippen LogP contribution >= 0.6 is 11.3 Å². The van der Waals surface area contributed by atoms with Crippen LogP contribution in [0, 0.1) is 12.3 Å². The number of aromatic nitrogens is 1. The number of carbonyl (C=O) groups is 3. The lowest BCUT2D eigenvalue weighted by Gasteiger charge is -2.40. The van der Waals surface area contributed by atoms with Gasteiger partial charge in [0.2, 0.25) is 11.8 Å². The van der Waals surface area contributed by atoms with Crippen LogP contribution in [0.1, 0.15) is 87.3 Å². The largest absolute Gasteiger partial charge is 0.388 e. The molecule has 2 aromatic carbocycles. The van der Waals surface area contributed by atoms with E-state index in [2.05, 4.69) is 37.1 Å². The van der Waals surface area contributed by atoms with Crippen molar-refractivity contribution in [1.82, 2.24) is 20.1 Å². The number of benzene rings is 2. The summed E-state index contributed by atoms with van der Waals surface area (Å²) in [6.45, 7) is 15.5. The van der Waals surface area contributed by atoms with Crippen LogP contribution in [0.4, 0.5) is 4.39 Å². The third-order valence-corrected chi connectivity index (χ3v) is 9.83. The van der Waals surface area contributed by atoms with E-state index >= 15 is 4.39 Å². The van der Waals surface area contributed by atoms with Crippen LogP contribution < -0.4 is 5.32 Å². The molecule has 8 nitrogen and oxygen atoms in total. The first kappa shape index (κ1) is 32.8. The van der Waals surface area contributed by atoms with Crippen LogP contribution in [-0.2, 0) is 21.5 Å². The standard InChI is InChI=1S/C35H43FN4O4S/c1-19(23-14-13-21(15-25(23)34(3,4)5)29-20(2)37-18-45-29)38-31(42)28-27(36)26(41)17-39(28)33(44)30(35(6,7)8)40-16-22-11-9-10-12-24(22)32(40)43/h9-15,18-19,26-28,30,41H,16-17H2,1-8H3,(H,38,42)/t19-,26-,27-,28-,30+/m0/s1. The Morgan fingerprint density at radius 3 is 2.40 bits per heavy atom. The Morgan fingerprint density at radius 1 is 1.11 bits per heavy atom. The maximum Gasteiger partial charge on any atom is 0.255 e. The second-order valence-electron chi connectivity index (χ2n) is 14.4. The first-order valence-electron chi connectivity index (χ1n) is 15.4. The van der Waals surface area contributed by atoms with Gasteiger partial charge in [0.1, 0.15) is 18.2 Å². The zero-order valence-electron chi connectivity index (χ0n) is 27.2. The molecule has 0 aliphatic carbocycles. The minimum absolute atomic E-state index is 0.235. The molecule has 3 aromatic rings. The number of aliphatic hydroxyl groups is 1. The third kappa shape index (κ3) is 6.14. The predicted octanol–water partition coefficient (Wildman–Crippen LogP) is 5.57. The SMILES string of the molecule is Cc1ncsc1-c1ccc([C@H](C)NC(=O)[C@@H]2[C@@H](F)[C@@H](O)CN2C(=O)[C@@H](N2Cc3ccccc3C2=O)C(C)(C)C)c(C(C)(C)C)c1. The summed E-state index contributed by atoms with van der Waals surface area (Å²) in [4.78, 5) is 49.6. The summed E-state index contributed by atoms with van der Waals surface area (Å²) in [5.41, 5.74) is 6.03. The Hall–Kier alpha value is -3.63. The Balaban J connectivity index is 1.42. The summed E-state index contributed by atoms with van der Waals surface area (Å²) in [5.74, 6) is -1.53. The van der Waals surface area contributed by atoms with Crippen molar-refractivity contribution < 1.29 is 23.9 Å². The average molecular weight is 635 g/mol. The van der Waals surface area contributed by atoms with Crippen molar-refractivity contribution in [3.63, 3.8) is 0 Å². The van der Waals surface area contributed by atoms with Gasteiger partial charge in [-0.3, -0.25) is 14.4 Å². The monoisotopic (exact) mass is 634 g/mol. The molecule has 1 saturated heterocycles. The van der Waals surface area contributed by atoms with Crippen molar-refractivity contribution in [3.05, 3.63) is 75.9 Å². The van der Waals surface area contributed by atoms with Crippen molar-refractivity contribution in [2.75, 3.05) is 6.54 Å². The van der Waals surface area contributed by atoms with Gasteiger partial charge in [-0.1, -0.05) is 71.9 Å². The summed E-state index contributed by atoms with van der Waals surface area (Å²) < 4.78 is 15.7. The smallest absolute Gasteiger partial charge is 0.255 e. The van der Waals surface area contributed by atoms with Crippen molar-refractivity contribution in [2.24, 2.45) is 5.41 Å². The van der Waals surface area contributed by atoms with Gasteiger partial charge < -0.3 is 20.2 Å². The van der Waals surface area contributed by atoms with E-state index in [1.807, 2.05) is 64.4 Å². The molecule has 2 aliphatic heterocycles. The van der Waals surface area contributed by atoms with E-state index in [0.717, 1.165) is 37.7 Å². The highest BCUT2D eigenvalue weighted by Gasteiger charge is 2.53. The first-order chi connectivity index (χ1) is 21.0. The molecule has 0 bridgehead atoms. The van der Waals surface area contributed by atoms with Crippen LogP contribution in [-0.4, -0.2) is 68.5 Å². The second-order valence-corrected chi connectivity index (χ2v) is 15.2. The number of hydrogen-bond donors (Lipinski definition) is 2. The zero-order chi connectivity index (χ0) is 33.0. The minimum atomic E-state index is -1.98. The molecule has 0 saturated carbocycles. The number of rotatable bonds is 6. The summed E-state index contributed by atoms with van der Waals surface area (Å²) in [6, 6.07) is 10.3. The molecule has 10 heteroatoms. The number of carbonyl (C=O) groups excluding carboxylic acids is 3. The highest BCUT2D eigenvalue weighted by atomic mass is 32.1. The van der Waals surface area contributed by atoms with Gasteiger partial charge in [0.15, 0.2) is 6.17 Å². The normalized spacial score (nSPS) is 21.6. The number of amides is 3. The Morgan fingerprint density at radius 2 is 1.80 bits per heavy atom. The fourth-order valence-corrected chi connectivity index (χ4v) is 7.41. The molecule has 240 valence electrons. The Kier molecular flexibility index (Phi) is 8.70. The van der Waals surface area contributed by atoms with Gasteiger partial charge in [-0.15, -0.1) is 11.3 Å². The number of aryl methyl sites for hydroxylation is 1. The molecule has 5 rings (SSSR count). The molecule has 0 radical (unpaired) electrons. The highest BCUT2D eigenvalue weighted by molar-refractivity contribution is 7.13.